The van der Waals surface area contributed by atoms with Gasteiger partial charge >= 0.3 is 0 Å². The van der Waals surface area contributed by atoms with E-state index in [4.69, 9.17) is 14.0 Å². The summed E-state index contributed by atoms with van der Waals surface area (Å²) in [6.45, 7) is 1.67. The van der Waals surface area contributed by atoms with E-state index in [2.05, 4.69) is 5.16 Å². The van der Waals surface area contributed by atoms with Crippen molar-refractivity contribution in [3.8, 4) is 22.8 Å². The van der Waals surface area contributed by atoms with Gasteiger partial charge in [-0.15, -0.1) is 0 Å². The van der Waals surface area contributed by atoms with Crippen LogP contribution in [0.15, 0.2) is 28.8 Å². The minimum absolute atomic E-state index is 0.149. The van der Waals surface area contributed by atoms with Crippen LogP contribution in [0.1, 0.15) is 17.5 Å². The van der Waals surface area contributed by atoms with Gasteiger partial charge in [0.15, 0.2) is 17.3 Å². The lowest BCUT2D eigenvalue weighted by atomic mass is 10.1. The van der Waals surface area contributed by atoms with Crippen LogP contribution in [0.25, 0.3) is 11.3 Å². The standard InChI is InChI=1S/C12H9NO4/c1-7(14)11-5-9(13-17-11)8-2-3-10-12(4-8)16-6-15-10/h2-5H,6H2,1H3. The van der Waals surface area contributed by atoms with Crippen LogP contribution in [-0.4, -0.2) is 17.7 Å². The van der Waals surface area contributed by atoms with Crippen LogP contribution in [0.5, 0.6) is 11.5 Å². The number of ether oxygens (including phenoxy) is 2. The Morgan fingerprint density at radius 1 is 1.24 bits per heavy atom. The minimum Gasteiger partial charge on any atom is -0.454 e. The average Bonchev–Trinajstić information content (AvgIpc) is 2.97. The zero-order valence-corrected chi connectivity index (χ0v) is 9.10. The number of hydrogen-bond donors (Lipinski definition) is 0. The molecule has 1 aromatic heterocycles. The van der Waals surface area contributed by atoms with Crippen LogP contribution in [0.2, 0.25) is 0 Å². The minimum atomic E-state index is -0.149. The molecular weight excluding hydrogens is 222 g/mol. The molecule has 1 aromatic carbocycles. The molecule has 0 radical (unpaired) electrons. The van der Waals surface area contributed by atoms with E-state index in [9.17, 15) is 4.79 Å². The molecule has 17 heavy (non-hydrogen) atoms. The van der Waals surface area contributed by atoms with Crippen LogP contribution in [0.3, 0.4) is 0 Å². The number of benzene rings is 1. The molecule has 86 valence electrons. The molecule has 0 unspecified atom stereocenters. The third-order valence-corrected chi connectivity index (χ3v) is 2.53. The van der Waals surface area contributed by atoms with E-state index < -0.39 is 0 Å². The molecule has 1 aliphatic rings. The lowest BCUT2D eigenvalue weighted by Gasteiger charge is -1.98. The maximum Gasteiger partial charge on any atom is 0.231 e. The lowest BCUT2D eigenvalue weighted by molar-refractivity contribution is 0.0978. The van der Waals surface area contributed by atoms with Crippen molar-refractivity contribution in [2.75, 3.05) is 6.79 Å². The topological polar surface area (TPSA) is 61.6 Å². The Labute approximate surface area is 96.9 Å². The average molecular weight is 231 g/mol. The fraction of sp³-hybridized carbons (Fsp3) is 0.167. The monoisotopic (exact) mass is 231 g/mol. The number of carbonyl (C=O) groups excluding carboxylic acids is 1. The van der Waals surface area contributed by atoms with Crippen LogP contribution in [-0.2, 0) is 0 Å². The van der Waals surface area contributed by atoms with E-state index >= 15 is 0 Å². The molecular formula is C12H9NO4. The Hall–Kier alpha value is -2.30. The summed E-state index contributed by atoms with van der Waals surface area (Å²) >= 11 is 0. The van der Waals surface area contributed by atoms with E-state index in [0.29, 0.717) is 17.2 Å². The van der Waals surface area contributed by atoms with Gasteiger partial charge in [-0.05, 0) is 18.2 Å². The first-order valence-electron chi connectivity index (χ1n) is 5.12. The molecule has 2 aromatic rings. The highest BCUT2D eigenvalue weighted by Crippen LogP contribution is 2.35. The second kappa shape index (κ2) is 3.62. The highest BCUT2D eigenvalue weighted by molar-refractivity contribution is 5.92. The molecule has 5 nitrogen and oxygen atoms in total. The largest absolute Gasteiger partial charge is 0.454 e. The van der Waals surface area contributed by atoms with Crippen molar-refractivity contribution in [1.82, 2.24) is 5.16 Å². The van der Waals surface area contributed by atoms with E-state index in [0.717, 1.165) is 5.56 Å². The smallest absolute Gasteiger partial charge is 0.231 e. The lowest BCUT2D eigenvalue weighted by Crippen LogP contribution is -1.92. The molecule has 3 rings (SSSR count). The van der Waals surface area contributed by atoms with Crippen molar-refractivity contribution in [3.05, 3.63) is 30.0 Å². The van der Waals surface area contributed by atoms with Crippen LogP contribution >= 0.6 is 0 Å². The zero-order chi connectivity index (χ0) is 11.8. The molecule has 5 heteroatoms. The number of Topliss-reactive ketones (excluding diaryl/α,β-unsaturated/α-hetero) is 1. The highest BCUT2D eigenvalue weighted by atomic mass is 16.7. The molecule has 0 fully saturated rings. The van der Waals surface area contributed by atoms with Gasteiger partial charge in [0.2, 0.25) is 12.6 Å². The molecule has 0 aliphatic carbocycles. The summed E-state index contributed by atoms with van der Waals surface area (Å²) < 4.78 is 15.4. The third-order valence-electron chi connectivity index (χ3n) is 2.53. The molecule has 0 amide bonds. The number of carbonyl (C=O) groups is 1. The van der Waals surface area contributed by atoms with Crippen molar-refractivity contribution >= 4 is 5.78 Å². The Morgan fingerprint density at radius 3 is 2.82 bits per heavy atom. The third kappa shape index (κ3) is 1.65. The van der Waals surface area contributed by atoms with E-state index in [1.54, 1.807) is 12.1 Å². The first kappa shape index (κ1) is 9.89. The van der Waals surface area contributed by atoms with Gasteiger partial charge in [0, 0.05) is 18.6 Å². The highest BCUT2D eigenvalue weighted by Gasteiger charge is 2.16. The van der Waals surface area contributed by atoms with E-state index in [1.165, 1.54) is 6.92 Å². The van der Waals surface area contributed by atoms with Crippen molar-refractivity contribution in [1.29, 1.82) is 0 Å². The number of fused-ring (bicyclic) bond motifs is 1. The second-order valence-corrected chi connectivity index (χ2v) is 3.70. The van der Waals surface area contributed by atoms with Crippen LogP contribution < -0.4 is 9.47 Å². The number of aromatic nitrogens is 1. The second-order valence-electron chi connectivity index (χ2n) is 3.70. The van der Waals surface area contributed by atoms with Gasteiger partial charge < -0.3 is 14.0 Å². The van der Waals surface area contributed by atoms with Gasteiger partial charge in [-0.25, -0.2) is 0 Å². The summed E-state index contributed by atoms with van der Waals surface area (Å²) in [5.41, 5.74) is 1.43. The fourth-order valence-corrected chi connectivity index (χ4v) is 1.63. The summed E-state index contributed by atoms with van der Waals surface area (Å²) in [5, 5.41) is 3.84. The van der Waals surface area contributed by atoms with Gasteiger partial charge in [0.25, 0.3) is 0 Å². The number of hydrogen-bond acceptors (Lipinski definition) is 5. The molecule has 0 atom stereocenters. The SMILES string of the molecule is CC(=O)c1cc(-c2ccc3c(c2)OCO3)no1. The van der Waals surface area contributed by atoms with E-state index in [1.807, 2.05) is 12.1 Å². The molecule has 0 bridgehead atoms. The first-order valence-corrected chi connectivity index (χ1v) is 5.12. The Bertz CT molecular complexity index is 588. The van der Waals surface area contributed by atoms with Gasteiger partial charge in [-0.1, -0.05) is 5.16 Å². The van der Waals surface area contributed by atoms with Gasteiger partial charge in [0.05, 0.1) is 0 Å². The Balaban J connectivity index is 2.00. The predicted octanol–water partition coefficient (Wildman–Crippen LogP) is 2.27. The van der Waals surface area contributed by atoms with Crippen LogP contribution in [0.4, 0.5) is 0 Å². The molecule has 0 saturated heterocycles. The van der Waals surface area contributed by atoms with Crippen molar-refractivity contribution in [2.45, 2.75) is 6.92 Å². The number of rotatable bonds is 2. The number of ketones is 1. The Morgan fingerprint density at radius 2 is 2.06 bits per heavy atom. The number of nitrogens with zero attached hydrogens (tertiary/aromatic N) is 1. The maximum absolute atomic E-state index is 11.1. The molecule has 1 aliphatic heterocycles. The summed E-state index contributed by atoms with van der Waals surface area (Å²) in [6, 6.07) is 7.07. The van der Waals surface area contributed by atoms with Crippen LogP contribution in [0, 0.1) is 0 Å². The van der Waals surface area contributed by atoms with Crippen molar-refractivity contribution in [2.24, 2.45) is 0 Å². The summed E-state index contributed by atoms with van der Waals surface area (Å²) in [4.78, 5) is 11.1. The Kier molecular flexibility index (Phi) is 2.11. The summed E-state index contributed by atoms with van der Waals surface area (Å²) in [7, 11) is 0. The summed E-state index contributed by atoms with van der Waals surface area (Å²) in [5.74, 6) is 1.49. The molecule has 2 heterocycles. The molecule has 0 spiro atoms. The van der Waals surface area contributed by atoms with Gasteiger partial charge in [-0.3, -0.25) is 4.79 Å². The zero-order valence-electron chi connectivity index (χ0n) is 9.10. The van der Waals surface area contributed by atoms with Crippen molar-refractivity contribution in [3.63, 3.8) is 0 Å². The maximum atomic E-state index is 11.1. The normalized spacial score (nSPS) is 12.8. The fourth-order valence-electron chi connectivity index (χ4n) is 1.63. The molecule has 0 saturated carbocycles. The van der Waals surface area contributed by atoms with Crippen molar-refractivity contribution < 1.29 is 18.8 Å². The quantitative estimate of drug-likeness (QED) is 0.742. The predicted molar refractivity (Wildman–Crippen MR) is 58.1 cm³/mol. The van der Waals surface area contributed by atoms with Gasteiger partial charge in [-0.2, -0.15) is 0 Å². The summed E-state index contributed by atoms with van der Waals surface area (Å²) in [6.07, 6.45) is 0. The van der Waals surface area contributed by atoms with Gasteiger partial charge in [0.1, 0.15) is 5.69 Å². The van der Waals surface area contributed by atoms with E-state index in [-0.39, 0.29) is 18.3 Å². The first-order chi connectivity index (χ1) is 8.24. The molecule has 0 N–H and O–H groups in total.